The highest BCUT2D eigenvalue weighted by atomic mass is 19.3. The zero-order valence-electron chi connectivity index (χ0n) is 8.09. The molecule has 6 nitrogen and oxygen atoms in total. The van der Waals surface area contributed by atoms with E-state index in [9.17, 15) is 23.7 Å². The summed E-state index contributed by atoms with van der Waals surface area (Å²) in [5.74, 6) is -0.904. The minimum atomic E-state index is -3.33. The lowest BCUT2D eigenvalue weighted by molar-refractivity contribution is -0.386. The Morgan fingerprint density at radius 1 is 1.53 bits per heavy atom. The van der Waals surface area contributed by atoms with Crippen molar-refractivity contribution in [1.29, 1.82) is 5.26 Å². The molecular weight excluding hydrogens is 238 g/mol. The smallest absolute Gasteiger partial charge is 0.387 e. The van der Waals surface area contributed by atoms with Crippen LogP contribution in [0.3, 0.4) is 0 Å². The number of nitro groups is 1. The number of nitriles is 1. The summed E-state index contributed by atoms with van der Waals surface area (Å²) in [6, 6.07) is 3.44. The molecule has 0 unspecified atom stereocenters. The molecule has 17 heavy (non-hydrogen) atoms. The minimum Gasteiger partial charge on any atom is -0.427 e. The van der Waals surface area contributed by atoms with Crippen LogP contribution in [0.25, 0.3) is 0 Å². The van der Waals surface area contributed by atoms with Crippen LogP contribution in [0.4, 0.5) is 14.5 Å². The standard InChI is InChI=1S/C9H4F2N2O4/c10-9(11)17-8-6(4-14)2-1-5(3-12)7(8)13(15)16/h1-2,4,9H. The molecule has 1 aromatic carbocycles. The summed E-state index contributed by atoms with van der Waals surface area (Å²) in [6.45, 7) is -3.33. The molecule has 0 fully saturated rings. The molecule has 88 valence electrons. The number of halogens is 2. The summed E-state index contributed by atoms with van der Waals surface area (Å²) in [5, 5.41) is 19.3. The van der Waals surface area contributed by atoms with Gasteiger partial charge >= 0.3 is 12.3 Å². The third kappa shape index (κ3) is 2.52. The van der Waals surface area contributed by atoms with E-state index in [1.54, 1.807) is 0 Å². The normalized spacial score (nSPS) is 9.76. The average molecular weight is 242 g/mol. The second-order valence-corrected chi connectivity index (χ2v) is 2.75. The molecule has 0 saturated carbocycles. The minimum absolute atomic E-state index is 0.131. The van der Waals surface area contributed by atoms with Gasteiger partial charge in [0.2, 0.25) is 5.75 Å². The number of aldehydes is 1. The van der Waals surface area contributed by atoms with E-state index in [-0.39, 0.29) is 6.29 Å². The molecule has 0 radical (unpaired) electrons. The topological polar surface area (TPSA) is 93.2 Å². The second-order valence-electron chi connectivity index (χ2n) is 2.75. The van der Waals surface area contributed by atoms with E-state index in [1.165, 1.54) is 6.07 Å². The van der Waals surface area contributed by atoms with Gasteiger partial charge in [-0.2, -0.15) is 14.0 Å². The molecule has 1 aromatic rings. The van der Waals surface area contributed by atoms with Crippen LogP contribution in [-0.2, 0) is 0 Å². The summed E-state index contributed by atoms with van der Waals surface area (Å²) < 4.78 is 28.1. The number of hydrogen-bond donors (Lipinski definition) is 0. The highest BCUT2D eigenvalue weighted by Gasteiger charge is 2.26. The molecule has 0 atom stereocenters. The van der Waals surface area contributed by atoms with Crippen molar-refractivity contribution in [3.05, 3.63) is 33.4 Å². The van der Waals surface area contributed by atoms with E-state index in [2.05, 4.69) is 4.74 Å². The van der Waals surface area contributed by atoms with Gasteiger partial charge in [0.25, 0.3) is 0 Å². The lowest BCUT2D eigenvalue weighted by atomic mass is 10.1. The van der Waals surface area contributed by atoms with E-state index in [4.69, 9.17) is 5.26 Å². The predicted octanol–water partition coefficient (Wildman–Crippen LogP) is 1.88. The molecule has 1 rings (SSSR count). The summed E-state index contributed by atoms with van der Waals surface area (Å²) in [6.07, 6.45) is 0.131. The highest BCUT2D eigenvalue weighted by Crippen LogP contribution is 2.34. The third-order valence-corrected chi connectivity index (χ3v) is 1.80. The maximum absolute atomic E-state index is 12.1. The maximum Gasteiger partial charge on any atom is 0.387 e. The number of carbonyl (C=O) groups excluding carboxylic acids is 1. The van der Waals surface area contributed by atoms with Crippen molar-refractivity contribution < 1.29 is 23.2 Å². The van der Waals surface area contributed by atoms with E-state index in [1.807, 2.05) is 0 Å². The Labute approximate surface area is 93.2 Å². The van der Waals surface area contributed by atoms with Gasteiger partial charge in [0.15, 0.2) is 6.29 Å². The Kier molecular flexibility index (Phi) is 3.66. The summed E-state index contributed by atoms with van der Waals surface area (Å²) in [7, 11) is 0. The lowest BCUT2D eigenvalue weighted by Crippen LogP contribution is -2.08. The van der Waals surface area contributed by atoms with Gasteiger partial charge < -0.3 is 4.74 Å². The Hall–Kier alpha value is -2.56. The summed E-state index contributed by atoms with van der Waals surface area (Å²) in [4.78, 5) is 20.2. The van der Waals surface area contributed by atoms with Gasteiger partial charge in [0, 0.05) is 0 Å². The average Bonchev–Trinajstić information content (AvgIpc) is 2.27. The molecule has 0 amide bonds. The first kappa shape index (κ1) is 12.5. The number of nitrogens with zero attached hydrogens (tertiary/aromatic N) is 2. The third-order valence-electron chi connectivity index (χ3n) is 1.80. The quantitative estimate of drug-likeness (QED) is 0.456. The lowest BCUT2D eigenvalue weighted by Gasteiger charge is -2.07. The van der Waals surface area contributed by atoms with Gasteiger partial charge in [0.05, 0.1) is 10.5 Å². The number of benzene rings is 1. The van der Waals surface area contributed by atoms with Crippen LogP contribution in [0.15, 0.2) is 12.1 Å². The summed E-state index contributed by atoms with van der Waals surface area (Å²) in [5.41, 5.74) is -1.83. The first-order valence-corrected chi connectivity index (χ1v) is 4.12. The SMILES string of the molecule is N#Cc1ccc(C=O)c(OC(F)F)c1[N+](=O)[O-]. The maximum atomic E-state index is 12.1. The largest absolute Gasteiger partial charge is 0.427 e. The van der Waals surface area contributed by atoms with Crippen LogP contribution < -0.4 is 4.74 Å². The van der Waals surface area contributed by atoms with Gasteiger partial charge in [-0.3, -0.25) is 14.9 Å². The van der Waals surface area contributed by atoms with Gasteiger partial charge in [0.1, 0.15) is 11.6 Å². The Morgan fingerprint density at radius 2 is 2.18 bits per heavy atom. The van der Waals surface area contributed by atoms with E-state index >= 15 is 0 Å². The van der Waals surface area contributed by atoms with Crippen LogP contribution >= 0.6 is 0 Å². The predicted molar refractivity (Wildman–Crippen MR) is 49.8 cm³/mol. The van der Waals surface area contributed by atoms with Crippen molar-refractivity contribution in [2.24, 2.45) is 0 Å². The van der Waals surface area contributed by atoms with Crippen LogP contribution in [0.2, 0.25) is 0 Å². The molecule has 0 bridgehead atoms. The second kappa shape index (κ2) is 4.98. The van der Waals surface area contributed by atoms with Crippen LogP contribution in [-0.4, -0.2) is 17.8 Å². The molecule has 0 spiro atoms. The number of rotatable bonds is 4. The van der Waals surface area contributed by atoms with Crippen LogP contribution in [0.1, 0.15) is 15.9 Å². The molecule has 0 aliphatic carbocycles. The van der Waals surface area contributed by atoms with Crippen LogP contribution in [0, 0.1) is 21.4 Å². The molecule has 0 aliphatic rings. The van der Waals surface area contributed by atoms with Crippen LogP contribution in [0.5, 0.6) is 5.75 Å². The number of carbonyl (C=O) groups is 1. The van der Waals surface area contributed by atoms with Gasteiger partial charge in [-0.25, -0.2) is 0 Å². The van der Waals surface area contributed by atoms with Crippen molar-refractivity contribution in [2.75, 3.05) is 0 Å². The number of ether oxygens (including phenoxy) is 1. The first-order chi connectivity index (χ1) is 8.01. The zero-order valence-corrected chi connectivity index (χ0v) is 8.09. The molecule has 0 aliphatic heterocycles. The van der Waals surface area contributed by atoms with Gasteiger partial charge in [-0.1, -0.05) is 0 Å². The van der Waals surface area contributed by atoms with E-state index in [0.717, 1.165) is 12.1 Å². The molecule has 0 N–H and O–H groups in total. The number of alkyl halides is 2. The Bertz CT molecular complexity index is 510. The van der Waals surface area contributed by atoms with E-state index in [0.29, 0.717) is 0 Å². The van der Waals surface area contributed by atoms with Gasteiger partial charge in [-0.05, 0) is 12.1 Å². The fourth-order valence-electron chi connectivity index (χ4n) is 1.16. The molecule has 8 heteroatoms. The number of nitro benzene ring substituents is 1. The monoisotopic (exact) mass is 242 g/mol. The summed E-state index contributed by atoms with van der Waals surface area (Å²) >= 11 is 0. The Balaban J connectivity index is 3.53. The van der Waals surface area contributed by atoms with Crippen molar-refractivity contribution in [1.82, 2.24) is 0 Å². The fourth-order valence-corrected chi connectivity index (χ4v) is 1.16. The molecule has 0 heterocycles. The first-order valence-electron chi connectivity index (χ1n) is 4.12. The van der Waals surface area contributed by atoms with Crippen molar-refractivity contribution in [3.8, 4) is 11.8 Å². The molecular formula is C9H4F2N2O4. The van der Waals surface area contributed by atoms with Crippen molar-refractivity contribution in [3.63, 3.8) is 0 Å². The zero-order chi connectivity index (χ0) is 13.0. The van der Waals surface area contributed by atoms with E-state index < -0.39 is 34.1 Å². The fraction of sp³-hybridized carbons (Fsp3) is 0.111. The van der Waals surface area contributed by atoms with Crippen molar-refractivity contribution in [2.45, 2.75) is 6.61 Å². The highest BCUT2D eigenvalue weighted by molar-refractivity contribution is 5.83. The molecule has 0 aromatic heterocycles. The van der Waals surface area contributed by atoms with Gasteiger partial charge in [-0.15, -0.1) is 0 Å². The molecule has 0 saturated heterocycles. The van der Waals surface area contributed by atoms with Crippen molar-refractivity contribution >= 4 is 12.0 Å². The number of hydrogen-bond acceptors (Lipinski definition) is 5. The Morgan fingerprint density at radius 3 is 2.59 bits per heavy atom.